The standard InChI is InChI=1S/C47H53F4N7O3Si/c1-26(2)62(27(3)4,28(5)6)18-15-33-35(49)14-13-30-11-9-12-34(37(30)33)38-40(50)42-39(43(60-8)41(38)51)45(56-16-10-17-58-32(24-56)19-36(55-58)44(52)59)54-46(53-42)61-25-47-20-29(7)22-57(47)23-31(48)21-47/h9,11-14,19,26-28,31H,7,10,16-17,20-25H2,1-6,8H3,(H2,52,59)/t31-,47+/m0/s1. The number of carbonyl (C=O) groups excluding carboxylic acids is 1. The summed E-state index contributed by atoms with van der Waals surface area (Å²) >= 11 is 0. The van der Waals surface area contributed by atoms with E-state index < -0.39 is 48.7 Å². The molecule has 2 fully saturated rings. The normalized spacial score (nSPS) is 19.4. The lowest BCUT2D eigenvalue weighted by Gasteiger charge is -2.38. The summed E-state index contributed by atoms with van der Waals surface area (Å²) in [6.45, 7) is 18.9. The molecule has 2 aromatic heterocycles. The van der Waals surface area contributed by atoms with Crippen molar-refractivity contribution in [3.63, 3.8) is 0 Å². The van der Waals surface area contributed by atoms with E-state index in [0.717, 1.165) is 5.57 Å². The summed E-state index contributed by atoms with van der Waals surface area (Å²) in [5.41, 5.74) is 10.3. The number of anilines is 1. The van der Waals surface area contributed by atoms with Crippen LogP contribution in [0.15, 0.2) is 48.6 Å². The first-order valence-corrected chi connectivity index (χ1v) is 23.5. The number of rotatable bonds is 10. The molecule has 10 nitrogen and oxygen atoms in total. The number of halogens is 4. The molecule has 0 aliphatic carbocycles. The Hall–Kier alpha value is -5.46. The molecule has 5 heterocycles. The van der Waals surface area contributed by atoms with Crippen molar-refractivity contribution in [1.29, 1.82) is 0 Å². The van der Waals surface area contributed by atoms with Crippen LogP contribution in [0.1, 0.15) is 82.6 Å². The average molecular weight is 868 g/mol. The maximum atomic E-state index is 17.9. The Morgan fingerprint density at radius 1 is 1.02 bits per heavy atom. The van der Waals surface area contributed by atoms with Crippen molar-refractivity contribution >= 4 is 41.5 Å². The minimum atomic E-state index is -2.37. The van der Waals surface area contributed by atoms with Gasteiger partial charge in [0.15, 0.2) is 17.4 Å². The van der Waals surface area contributed by atoms with Crippen molar-refractivity contribution in [2.45, 2.75) is 102 Å². The van der Waals surface area contributed by atoms with Gasteiger partial charge in [0.05, 0.1) is 41.4 Å². The Kier molecular flexibility index (Phi) is 11.4. The van der Waals surface area contributed by atoms with Crippen LogP contribution in [0.3, 0.4) is 0 Å². The highest BCUT2D eigenvalue weighted by molar-refractivity contribution is 6.90. The van der Waals surface area contributed by atoms with Gasteiger partial charge in [-0.3, -0.25) is 14.4 Å². The molecule has 2 atom stereocenters. The third-order valence-electron chi connectivity index (χ3n) is 13.4. The van der Waals surface area contributed by atoms with Crippen LogP contribution in [0, 0.1) is 28.9 Å². The molecule has 8 rings (SSSR count). The van der Waals surface area contributed by atoms with E-state index in [4.69, 9.17) is 20.2 Å². The number of amides is 1. The summed E-state index contributed by atoms with van der Waals surface area (Å²) in [7, 11) is -1.09. The molecule has 3 aliphatic rings. The number of alkyl halides is 1. The predicted octanol–water partition coefficient (Wildman–Crippen LogP) is 9.27. The Morgan fingerprint density at radius 2 is 1.76 bits per heavy atom. The van der Waals surface area contributed by atoms with Crippen LogP contribution in [0.25, 0.3) is 32.8 Å². The zero-order valence-electron chi connectivity index (χ0n) is 36.3. The van der Waals surface area contributed by atoms with Gasteiger partial charge < -0.3 is 20.1 Å². The number of nitrogens with two attached hydrogens (primary N) is 1. The summed E-state index contributed by atoms with van der Waals surface area (Å²) in [4.78, 5) is 25.4. The second-order valence-corrected chi connectivity index (χ2v) is 23.6. The monoisotopic (exact) mass is 867 g/mol. The third kappa shape index (κ3) is 7.18. The highest BCUT2D eigenvalue weighted by atomic mass is 28.3. The second kappa shape index (κ2) is 16.3. The Bertz CT molecular complexity index is 2670. The number of primary amides is 1. The number of ether oxygens (including phenoxy) is 2. The Morgan fingerprint density at radius 3 is 2.45 bits per heavy atom. The summed E-state index contributed by atoms with van der Waals surface area (Å²) < 4.78 is 80.4. The number of aromatic nitrogens is 4. The average Bonchev–Trinajstić information content (AvgIpc) is 3.80. The highest BCUT2D eigenvalue weighted by Gasteiger charge is 2.51. The molecule has 2 N–H and O–H groups in total. The quantitative estimate of drug-likeness (QED) is 0.0641. The van der Waals surface area contributed by atoms with E-state index in [9.17, 15) is 9.18 Å². The van der Waals surface area contributed by atoms with Crippen molar-refractivity contribution < 1.29 is 31.8 Å². The Balaban J connectivity index is 1.36. The third-order valence-corrected chi connectivity index (χ3v) is 19.7. The molecule has 0 radical (unpaired) electrons. The summed E-state index contributed by atoms with van der Waals surface area (Å²) in [6, 6.07) is 9.28. The number of fused-ring (bicyclic) bond motifs is 4. The van der Waals surface area contributed by atoms with Crippen LogP contribution in [0.5, 0.6) is 11.8 Å². The lowest BCUT2D eigenvalue weighted by molar-refractivity contribution is 0.0994. The summed E-state index contributed by atoms with van der Waals surface area (Å²) in [5, 5.41) is 5.13. The fourth-order valence-electron chi connectivity index (χ4n) is 10.7. The van der Waals surface area contributed by atoms with Crippen molar-refractivity contribution in [1.82, 2.24) is 24.6 Å². The molecular formula is C47H53F4N7O3Si. The molecule has 3 aliphatic heterocycles. The molecule has 5 aromatic rings. The molecule has 15 heteroatoms. The van der Waals surface area contributed by atoms with Gasteiger partial charge in [-0.2, -0.15) is 15.1 Å². The maximum absolute atomic E-state index is 17.9. The van der Waals surface area contributed by atoms with Gasteiger partial charge in [0.2, 0.25) is 0 Å². The lowest BCUT2D eigenvalue weighted by atomic mass is 9.92. The van der Waals surface area contributed by atoms with Crippen LogP contribution in [0.4, 0.5) is 23.4 Å². The van der Waals surface area contributed by atoms with E-state index in [1.165, 1.54) is 13.2 Å². The SMILES string of the molecule is C=C1CN2C[C@@H](F)C[C@@]2(COc2nc(N3CCCn4nc(C(N)=O)cc4C3)c3c(OC)c(F)c(-c4cccc5ccc(F)c(C#C[Si](C(C)C)(C(C)C)C(C)C)c45)c(F)c3n2)C1. The number of aryl methyl sites for hydroxylation is 1. The molecule has 0 bridgehead atoms. The van der Waals surface area contributed by atoms with Crippen molar-refractivity contribution in [3.05, 3.63) is 83.0 Å². The van der Waals surface area contributed by atoms with Gasteiger partial charge in [-0.1, -0.05) is 83.9 Å². The van der Waals surface area contributed by atoms with Crippen LogP contribution in [-0.4, -0.2) is 83.7 Å². The number of nitrogens with zero attached hydrogens (tertiary/aromatic N) is 6. The van der Waals surface area contributed by atoms with Gasteiger partial charge in [-0.05, 0) is 52.5 Å². The van der Waals surface area contributed by atoms with E-state index in [0.29, 0.717) is 43.6 Å². The predicted molar refractivity (Wildman–Crippen MR) is 236 cm³/mol. The van der Waals surface area contributed by atoms with E-state index in [1.807, 2.05) is 9.80 Å². The van der Waals surface area contributed by atoms with Gasteiger partial charge in [-0.25, -0.2) is 17.6 Å². The zero-order valence-corrected chi connectivity index (χ0v) is 37.3. The zero-order chi connectivity index (χ0) is 44.4. The van der Waals surface area contributed by atoms with E-state index in [2.05, 4.69) is 69.7 Å². The van der Waals surface area contributed by atoms with Gasteiger partial charge in [0.1, 0.15) is 43.7 Å². The van der Waals surface area contributed by atoms with Gasteiger partial charge >= 0.3 is 6.01 Å². The fraction of sp³-hybridized carbons (Fsp3) is 0.447. The molecule has 0 unspecified atom stereocenters. The number of hydrogen-bond acceptors (Lipinski definition) is 8. The Labute approximate surface area is 360 Å². The minimum Gasteiger partial charge on any atom is -0.493 e. The first-order valence-electron chi connectivity index (χ1n) is 21.3. The lowest BCUT2D eigenvalue weighted by Crippen LogP contribution is -2.43. The molecule has 0 spiro atoms. The number of hydrogen-bond donors (Lipinski definition) is 1. The molecule has 3 aromatic carbocycles. The van der Waals surface area contributed by atoms with Gasteiger partial charge in [-0.15, -0.1) is 5.54 Å². The number of benzene rings is 3. The molecule has 326 valence electrons. The summed E-state index contributed by atoms with van der Waals surface area (Å²) in [5.74, 6) is -0.317. The molecule has 1 amide bonds. The van der Waals surface area contributed by atoms with E-state index in [-0.39, 0.29) is 93.4 Å². The first kappa shape index (κ1) is 43.2. The van der Waals surface area contributed by atoms with Crippen LogP contribution in [0.2, 0.25) is 16.6 Å². The highest BCUT2D eigenvalue weighted by Crippen LogP contribution is 2.47. The van der Waals surface area contributed by atoms with Crippen molar-refractivity contribution in [2.24, 2.45) is 5.73 Å². The van der Waals surface area contributed by atoms with E-state index >= 15 is 13.2 Å². The first-order chi connectivity index (χ1) is 29.5. The minimum absolute atomic E-state index is 0.00248. The molecule has 2 saturated heterocycles. The fourth-order valence-corrected chi connectivity index (χ4v) is 15.9. The molecular weight excluding hydrogens is 815 g/mol. The smallest absolute Gasteiger partial charge is 0.319 e. The van der Waals surface area contributed by atoms with Gasteiger partial charge in [0, 0.05) is 38.0 Å². The van der Waals surface area contributed by atoms with Crippen LogP contribution in [-0.2, 0) is 13.1 Å². The topological polar surface area (TPSA) is 112 Å². The number of carbonyl (C=O) groups is 1. The number of methoxy groups -OCH3 is 1. The second-order valence-electron chi connectivity index (χ2n) is 18.1. The van der Waals surface area contributed by atoms with Crippen molar-refractivity contribution in [2.75, 3.05) is 38.3 Å². The van der Waals surface area contributed by atoms with Crippen LogP contribution < -0.4 is 20.1 Å². The largest absolute Gasteiger partial charge is 0.493 e. The van der Waals surface area contributed by atoms with Gasteiger partial charge in [0.25, 0.3) is 5.91 Å². The van der Waals surface area contributed by atoms with E-state index in [1.54, 1.807) is 35.0 Å². The van der Waals surface area contributed by atoms with Crippen LogP contribution >= 0.6 is 0 Å². The van der Waals surface area contributed by atoms with Crippen molar-refractivity contribution in [3.8, 4) is 34.4 Å². The summed E-state index contributed by atoms with van der Waals surface area (Å²) in [6.07, 6.45) is 0.208. The molecule has 0 saturated carbocycles. The molecule has 62 heavy (non-hydrogen) atoms. The maximum Gasteiger partial charge on any atom is 0.319 e.